The Balaban J connectivity index is 2.01. The summed E-state index contributed by atoms with van der Waals surface area (Å²) in [7, 11) is 3.69. The predicted octanol–water partition coefficient (Wildman–Crippen LogP) is 4.91. The van der Waals surface area contributed by atoms with E-state index in [0.29, 0.717) is 0 Å². The summed E-state index contributed by atoms with van der Waals surface area (Å²) in [6, 6.07) is 15.8. The van der Waals surface area contributed by atoms with Gasteiger partial charge in [0.05, 0.1) is 18.3 Å². The summed E-state index contributed by atoms with van der Waals surface area (Å²) in [4.78, 5) is 0. The van der Waals surface area contributed by atoms with Gasteiger partial charge in [-0.15, -0.1) is 5.11 Å². The molecule has 0 saturated carbocycles. The molecule has 1 aromatic heterocycles. The first-order chi connectivity index (χ1) is 10.2. The van der Waals surface area contributed by atoms with Gasteiger partial charge in [0, 0.05) is 18.1 Å². The van der Waals surface area contributed by atoms with Crippen molar-refractivity contribution in [2.45, 2.75) is 6.92 Å². The average molecular weight is 279 g/mol. The second-order valence-electron chi connectivity index (χ2n) is 4.91. The van der Waals surface area contributed by atoms with Crippen LogP contribution in [0, 0.1) is 6.92 Å². The van der Waals surface area contributed by atoms with Crippen LogP contribution < -0.4 is 4.74 Å². The minimum absolute atomic E-state index is 0.808. The smallest absolute Gasteiger partial charge is 0.119 e. The lowest BCUT2D eigenvalue weighted by Crippen LogP contribution is -1.88. The highest BCUT2D eigenvalue weighted by Crippen LogP contribution is 2.33. The summed E-state index contributed by atoms with van der Waals surface area (Å²) in [5, 5.41) is 9.90. The Morgan fingerprint density at radius 3 is 2.38 bits per heavy atom. The van der Waals surface area contributed by atoms with Gasteiger partial charge in [-0.1, -0.05) is 18.2 Å². The van der Waals surface area contributed by atoms with E-state index in [2.05, 4.69) is 33.9 Å². The lowest BCUT2D eigenvalue weighted by Gasteiger charge is -1.98. The molecule has 0 aliphatic carbocycles. The number of methoxy groups -OCH3 is 1. The summed E-state index contributed by atoms with van der Waals surface area (Å²) in [5.74, 6) is 0.815. The van der Waals surface area contributed by atoms with Crippen LogP contribution in [-0.4, -0.2) is 11.7 Å². The first-order valence-corrected chi connectivity index (χ1v) is 6.80. The van der Waals surface area contributed by atoms with Crippen molar-refractivity contribution in [3.63, 3.8) is 0 Å². The van der Waals surface area contributed by atoms with E-state index in [4.69, 9.17) is 4.74 Å². The summed E-state index contributed by atoms with van der Waals surface area (Å²) < 4.78 is 7.27. The predicted molar refractivity (Wildman–Crippen MR) is 84.8 cm³/mol. The molecule has 2 aromatic carbocycles. The number of rotatable bonds is 3. The molecule has 0 amide bonds. The summed E-state index contributed by atoms with van der Waals surface area (Å²) >= 11 is 0. The molecule has 0 radical (unpaired) electrons. The molecule has 0 aliphatic rings. The van der Waals surface area contributed by atoms with Crippen LogP contribution in [0.25, 0.3) is 10.9 Å². The molecule has 4 nitrogen and oxygen atoms in total. The molecule has 0 N–H and O–H groups in total. The van der Waals surface area contributed by atoms with Crippen LogP contribution in [0.4, 0.5) is 11.4 Å². The van der Waals surface area contributed by atoms with Gasteiger partial charge in [0.1, 0.15) is 11.4 Å². The lowest BCUT2D eigenvalue weighted by atomic mass is 10.2. The zero-order chi connectivity index (χ0) is 14.8. The van der Waals surface area contributed by atoms with Gasteiger partial charge in [-0.2, -0.15) is 5.11 Å². The Bertz CT molecular complexity index is 801. The third-order valence-electron chi connectivity index (χ3n) is 3.70. The molecule has 3 aromatic rings. The van der Waals surface area contributed by atoms with Gasteiger partial charge in [0.2, 0.25) is 0 Å². The highest BCUT2D eigenvalue weighted by molar-refractivity contribution is 5.93. The zero-order valence-electron chi connectivity index (χ0n) is 12.4. The molecule has 106 valence electrons. The second-order valence-corrected chi connectivity index (χ2v) is 4.91. The van der Waals surface area contributed by atoms with Crippen LogP contribution in [0.1, 0.15) is 5.69 Å². The molecule has 0 spiro atoms. The molecule has 1 heterocycles. The van der Waals surface area contributed by atoms with Crippen molar-refractivity contribution in [3.05, 3.63) is 54.2 Å². The van der Waals surface area contributed by atoms with E-state index in [-0.39, 0.29) is 0 Å². The van der Waals surface area contributed by atoms with Crippen molar-refractivity contribution in [2.75, 3.05) is 7.11 Å². The van der Waals surface area contributed by atoms with Gasteiger partial charge >= 0.3 is 0 Å². The van der Waals surface area contributed by atoms with Crippen molar-refractivity contribution in [2.24, 2.45) is 17.3 Å². The summed E-state index contributed by atoms with van der Waals surface area (Å²) in [6.45, 7) is 2.06. The number of ether oxygens (including phenoxy) is 1. The molecule has 0 unspecified atom stereocenters. The van der Waals surface area contributed by atoms with Crippen molar-refractivity contribution in [3.8, 4) is 5.75 Å². The lowest BCUT2D eigenvalue weighted by molar-refractivity contribution is 0.415. The second kappa shape index (κ2) is 5.40. The molecule has 3 rings (SSSR count). The first kappa shape index (κ1) is 13.4. The normalized spacial score (nSPS) is 11.4. The SMILES string of the molecule is COc1ccc(N=Nc2c(C)n(C)c3ccccc23)cc1. The maximum absolute atomic E-state index is 5.14. The van der Waals surface area contributed by atoms with E-state index in [0.717, 1.165) is 28.2 Å². The van der Waals surface area contributed by atoms with Gasteiger partial charge in [0.25, 0.3) is 0 Å². The van der Waals surface area contributed by atoms with E-state index < -0.39 is 0 Å². The molecular weight excluding hydrogens is 262 g/mol. The number of aromatic nitrogens is 1. The average Bonchev–Trinajstić information content (AvgIpc) is 2.78. The van der Waals surface area contributed by atoms with Crippen LogP contribution in [-0.2, 0) is 7.05 Å². The van der Waals surface area contributed by atoms with Gasteiger partial charge in [-0.25, -0.2) is 0 Å². The highest BCUT2D eigenvalue weighted by atomic mass is 16.5. The monoisotopic (exact) mass is 279 g/mol. The summed E-state index contributed by atoms with van der Waals surface area (Å²) in [5.41, 5.74) is 4.00. The Labute approximate surface area is 123 Å². The Hall–Kier alpha value is -2.62. The minimum Gasteiger partial charge on any atom is -0.497 e. The van der Waals surface area contributed by atoms with Crippen LogP contribution in [0.5, 0.6) is 5.75 Å². The number of benzene rings is 2. The van der Waals surface area contributed by atoms with Gasteiger partial charge in [-0.3, -0.25) is 0 Å². The Morgan fingerprint density at radius 1 is 0.952 bits per heavy atom. The third kappa shape index (κ3) is 2.40. The molecular formula is C17H17N3O. The van der Waals surface area contributed by atoms with E-state index in [1.54, 1.807) is 7.11 Å². The number of hydrogen-bond acceptors (Lipinski definition) is 3. The fourth-order valence-electron chi connectivity index (χ4n) is 2.38. The molecule has 0 atom stereocenters. The van der Waals surface area contributed by atoms with E-state index in [1.807, 2.05) is 43.4 Å². The van der Waals surface area contributed by atoms with E-state index >= 15 is 0 Å². The standard InChI is InChI=1S/C17H17N3O/c1-12-17(15-6-4-5-7-16(15)20(12)2)19-18-13-8-10-14(21-3)11-9-13/h4-11H,1-3H3. The molecule has 4 heteroatoms. The Morgan fingerprint density at radius 2 is 1.67 bits per heavy atom. The van der Waals surface area contributed by atoms with E-state index in [1.165, 1.54) is 5.52 Å². The van der Waals surface area contributed by atoms with Gasteiger partial charge in [0.15, 0.2) is 0 Å². The van der Waals surface area contributed by atoms with Crippen LogP contribution >= 0.6 is 0 Å². The fourth-order valence-corrected chi connectivity index (χ4v) is 2.38. The topological polar surface area (TPSA) is 38.9 Å². The molecule has 21 heavy (non-hydrogen) atoms. The maximum Gasteiger partial charge on any atom is 0.119 e. The quantitative estimate of drug-likeness (QED) is 0.628. The zero-order valence-corrected chi connectivity index (χ0v) is 12.4. The molecule has 0 aliphatic heterocycles. The van der Waals surface area contributed by atoms with Crippen molar-refractivity contribution in [1.82, 2.24) is 4.57 Å². The van der Waals surface area contributed by atoms with Crippen LogP contribution in [0.15, 0.2) is 58.8 Å². The largest absolute Gasteiger partial charge is 0.497 e. The number of para-hydroxylation sites is 1. The number of fused-ring (bicyclic) bond motifs is 1. The van der Waals surface area contributed by atoms with Crippen molar-refractivity contribution in [1.29, 1.82) is 0 Å². The molecule has 0 fully saturated rings. The van der Waals surface area contributed by atoms with Crippen molar-refractivity contribution < 1.29 is 4.74 Å². The molecule has 0 bridgehead atoms. The van der Waals surface area contributed by atoms with Gasteiger partial charge < -0.3 is 9.30 Å². The highest BCUT2D eigenvalue weighted by Gasteiger charge is 2.10. The number of hydrogen-bond donors (Lipinski definition) is 0. The van der Waals surface area contributed by atoms with E-state index in [9.17, 15) is 0 Å². The van der Waals surface area contributed by atoms with Crippen LogP contribution in [0.3, 0.4) is 0 Å². The number of aryl methyl sites for hydroxylation is 1. The maximum atomic E-state index is 5.14. The number of azo groups is 1. The van der Waals surface area contributed by atoms with Gasteiger partial charge in [-0.05, 0) is 37.3 Å². The minimum atomic E-state index is 0.808. The third-order valence-corrected chi connectivity index (χ3v) is 3.70. The van der Waals surface area contributed by atoms with Crippen LogP contribution in [0.2, 0.25) is 0 Å². The first-order valence-electron chi connectivity index (χ1n) is 6.80. The van der Waals surface area contributed by atoms with Crippen molar-refractivity contribution >= 4 is 22.3 Å². The fraction of sp³-hybridized carbons (Fsp3) is 0.176. The molecule has 0 saturated heterocycles. The number of nitrogens with zero attached hydrogens (tertiary/aromatic N) is 3. The summed E-state index contributed by atoms with van der Waals surface area (Å²) in [6.07, 6.45) is 0. The Kier molecular flexibility index (Phi) is 3.44.